The van der Waals surface area contributed by atoms with E-state index in [-0.39, 0.29) is 12.3 Å². The molecule has 0 atom stereocenters. The third-order valence-electron chi connectivity index (χ3n) is 2.58. The second kappa shape index (κ2) is 5.31. The predicted octanol–water partition coefficient (Wildman–Crippen LogP) is 1.01. The second-order valence-electron chi connectivity index (χ2n) is 4.07. The molecule has 1 heterocycles. The Bertz CT molecular complexity index is 651. The number of para-hydroxylation sites is 1. The van der Waals surface area contributed by atoms with Crippen molar-refractivity contribution in [2.24, 2.45) is 5.73 Å². The molecule has 0 radical (unpaired) electrons. The number of nitrogens with zero attached hydrogens (tertiary/aromatic N) is 2. The highest BCUT2D eigenvalue weighted by atomic mass is 32.2. The van der Waals surface area contributed by atoms with E-state index < -0.39 is 11.9 Å². The molecule has 0 aliphatic heterocycles. The number of thioether (sulfide) groups is 1. The lowest BCUT2D eigenvalue weighted by atomic mass is 10.2. The summed E-state index contributed by atoms with van der Waals surface area (Å²) in [6.45, 7) is 1.90. The number of aryl methyl sites for hydroxylation is 1. The zero-order chi connectivity index (χ0) is 14.0. The minimum Gasteiger partial charge on any atom is -0.481 e. The van der Waals surface area contributed by atoms with Gasteiger partial charge < -0.3 is 15.4 Å². The van der Waals surface area contributed by atoms with Crippen LogP contribution in [-0.2, 0) is 16.1 Å². The van der Waals surface area contributed by atoms with E-state index in [4.69, 9.17) is 10.8 Å². The lowest BCUT2D eigenvalue weighted by molar-refractivity contribution is -0.133. The van der Waals surface area contributed by atoms with Gasteiger partial charge in [0.25, 0.3) is 0 Å². The third kappa shape index (κ3) is 2.87. The quantitative estimate of drug-likeness (QED) is 0.796. The van der Waals surface area contributed by atoms with Crippen LogP contribution in [0.15, 0.2) is 23.4 Å². The van der Waals surface area contributed by atoms with Crippen molar-refractivity contribution in [1.29, 1.82) is 0 Å². The number of aromatic nitrogens is 2. The topological polar surface area (TPSA) is 98.2 Å². The van der Waals surface area contributed by atoms with Crippen molar-refractivity contribution >= 4 is 34.7 Å². The van der Waals surface area contributed by atoms with Crippen LogP contribution < -0.4 is 5.73 Å². The van der Waals surface area contributed by atoms with E-state index in [9.17, 15) is 9.59 Å². The van der Waals surface area contributed by atoms with Gasteiger partial charge in [0, 0.05) is 0 Å². The van der Waals surface area contributed by atoms with E-state index in [0.29, 0.717) is 5.16 Å². The number of amides is 1. The average Bonchev–Trinajstić information content (AvgIpc) is 2.66. The van der Waals surface area contributed by atoms with Gasteiger partial charge in [-0.1, -0.05) is 23.9 Å². The second-order valence-corrected chi connectivity index (χ2v) is 5.01. The molecular formula is C12H13N3O3S. The molecule has 2 aromatic rings. The van der Waals surface area contributed by atoms with Crippen LogP contribution in [0.25, 0.3) is 11.0 Å². The van der Waals surface area contributed by atoms with Gasteiger partial charge in [-0.2, -0.15) is 0 Å². The Kier molecular flexibility index (Phi) is 3.75. The van der Waals surface area contributed by atoms with Gasteiger partial charge in [0.1, 0.15) is 6.54 Å². The molecule has 6 nitrogen and oxygen atoms in total. The summed E-state index contributed by atoms with van der Waals surface area (Å²) in [5.41, 5.74) is 7.74. The fourth-order valence-electron chi connectivity index (χ4n) is 1.81. The lowest BCUT2D eigenvalue weighted by Gasteiger charge is -2.05. The van der Waals surface area contributed by atoms with Crippen molar-refractivity contribution in [3.05, 3.63) is 23.8 Å². The molecule has 2 rings (SSSR count). The van der Waals surface area contributed by atoms with Gasteiger partial charge in [-0.25, -0.2) is 4.98 Å². The normalized spacial score (nSPS) is 10.8. The predicted molar refractivity (Wildman–Crippen MR) is 72.0 cm³/mol. The number of rotatable bonds is 5. The van der Waals surface area contributed by atoms with Crippen LogP contribution in [-0.4, -0.2) is 32.3 Å². The maximum atomic E-state index is 11.1. The summed E-state index contributed by atoms with van der Waals surface area (Å²) in [5.74, 6) is -1.53. The highest BCUT2D eigenvalue weighted by Gasteiger charge is 2.15. The van der Waals surface area contributed by atoms with Gasteiger partial charge in [-0.15, -0.1) is 0 Å². The van der Waals surface area contributed by atoms with Crippen LogP contribution in [0.3, 0.4) is 0 Å². The number of hydrogen-bond acceptors (Lipinski definition) is 4. The number of carboxylic acids is 1. The largest absolute Gasteiger partial charge is 0.481 e. The van der Waals surface area contributed by atoms with Gasteiger partial charge in [0.2, 0.25) is 5.91 Å². The molecule has 0 saturated heterocycles. The summed E-state index contributed by atoms with van der Waals surface area (Å²) in [6.07, 6.45) is 0. The van der Waals surface area contributed by atoms with Crippen molar-refractivity contribution in [2.75, 3.05) is 5.75 Å². The molecule has 0 fully saturated rings. The number of primary amides is 1. The Morgan fingerprint density at radius 2 is 2.21 bits per heavy atom. The van der Waals surface area contributed by atoms with E-state index in [1.807, 2.05) is 25.1 Å². The number of hydrogen-bond donors (Lipinski definition) is 2. The third-order valence-corrected chi connectivity index (χ3v) is 3.55. The molecule has 1 amide bonds. The number of imidazole rings is 1. The van der Waals surface area contributed by atoms with Crippen LogP contribution in [0.1, 0.15) is 5.56 Å². The molecule has 0 spiro atoms. The number of carboxylic acid groups (broad SMARTS) is 1. The first kappa shape index (κ1) is 13.4. The van der Waals surface area contributed by atoms with Crippen LogP contribution in [0, 0.1) is 6.92 Å². The first-order valence-corrected chi connectivity index (χ1v) is 6.56. The van der Waals surface area contributed by atoms with Crippen LogP contribution in [0.5, 0.6) is 0 Å². The number of aliphatic carboxylic acids is 1. The minimum atomic E-state index is -0.931. The van der Waals surface area contributed by atoms with Gasteiger partial charge in [-0.05, 0) is 18.6 Å². The SMILES string of the molecule is Cc1cccc2c1nc(SCC(=O)O)n2CC(N)=O. The smallest absolute Gasteiger partial charge is 0.313 e. The lowest BCUT2D eigenvalue weighted by Crippen LogP contribution is -2.19. The number of carbonyl (C=O) groups excluding carboxylic acids is 1. The maximum absolute atomic E-state index is 11.1. The molecule has 0 bridgehead atoms. The van der Waals surface area contributed by atoms with Crippen LogP contribution in [0.2, 0.25) is 0 Å². The highest BCUT2D eigenvalue weighted by molar-refractivity contribution is 7.99. The van der Waals surface area contributed by atoms with Crippen LogP contribution >= 0.6 is 11.8 Å². The Morgan fingerprint density at radius 1 is 1.47 bits per heavy atom. The van der Waals surface area contributed by atoms with Crippen molar-refractivity contribution in [2.45, 2.75) is 18.6 Å². The van der Waals surface area contributed by atoms with Crippen molar-refractivity contribution in [3.63, 3.8) is 0 Å². The number of benzene rings is 1. The van der Waals surface area contributed by atoms with Gasteiger partial charge >= 0.3 is 5.97 Å². The fraction of sp³-hybridized carbons (Fsp3) is 0.250. The molecule has 100 valence electrons. The highest BCUT2D eigenvalue weighted by Crippen LogP contribution is 2.25. The summed E-state index contributed by atoms with van der Waals surface area (Å²) < 4.78 is 1.65. The molecule has 0 aliphatic rings. The number of carbonyl (C=O) groups is 2. The maximum Gasteiger partial charge on any atom is 0.313 e. The number of fused-ring (bicyclic) bond motifs is 1. The average molecular weight is 279 g/mol. The summed E-state index contributed by atoms with van der Waals surface area (Å²) in [6, 6.07) is 5.61. The summed E-state index contributed by atoms with van der Waals surface area (Å²) in [7, 11) is 0. The van der Waals surface area contributed by atoms with E-state index in [2.05, 4.69) is 4.98 Å². The molecule has 0 unspecified atom stereocenters. The monoisotopic (exact) mass is 279 g/mol. The standard InChI is InChI=1S/C12H13N3O3S/c1-7-3-2-4-8-11(7)14-12(19-6-10(17)18)15(8)5-9(13)16/h2-4H,5-6H2,1H3,(H2,13,16)(H,17,18). The summed E-state index contributed by atoms with van der Waals surface area (Å²) in [5, 5.41) is 9.22. The van der Waals surface area contributed by atoms with E-state index >= 15 is 0 Å². The fourth-order valence-corrected chi connectivity index (χ4v) is 2.54. The minimum absolute atomic E-state index is 0.0120. The molecule has 0 aliphatic carbocycles. The molecule has 1 aromatic carbocycles. The van der Waals surface area contributed by atoms with Gasteiger partial charge in [-0.3, -0.25) is 9.59 Å². The summed E-state index contributed by atoms with van der Waals surface area (Å²) in [4.78, 5) is 26.2. The summed E-state index contributed by atoms with van der Waals surface area (Å²) >= 11 is 1.08. The van der Waals surface area contributed by atoms with E-state index in [1.165, 1.54) is 0 Å². The molecule has 0 saturated carbocycles. The molecule has 3 N–H and O–H groups in total. The Morgan fingerprint density at radius 3 is 2.84 bits per heavy atom. The zero-order valence-corrected chi connectivity index (χ0v) is 11.1. The van der Waals surface area contributed by atoms with E-state index in [1.54, 1.807) is 4.57 Å². The molecular weight excluding hydrogens is 266 g/mol. The first-order chi connectivity index (χ1) is 8.99. The Hall–Kier alpha value is -2.02. The number of nitrogens with two attached hydrogens (primary N) is 1. The van der Waals surface area contributed by atoms with E-state index in [0.717, 1.165) is 28.4 Å². The molecule has 7 heteroatoms. The van der Waals surface area contributed by atoms with Crippen molar-refractivity contribution < 1.29 is 14.7 Å². The molecule has 19 heavy (non-hydrogen) atoms. The van der Waals surface area contributed by atoms with Crippen molar-refractivity contribution in [1.82, 2.24) is 9.55 Å². The molecule has 1 aromatic heterocycles. The van der Waals surface area contributed by atoms with Crippen LogP contribution in [0.4, 0.5) is 0 Å². The van der Waals surface area contributed by atoms with Gasteiger partial charge in [0.05, 0.1) is 16.8 Å². The zero-order valence-electron chi connectivity index (χ0n) is 10.3. The Balaban J connectivity index is 2.50. The Labute approximate surface area is 113 Å². The van der Waals surface area contributed by atoms with Crippen molar-refractivity contribution in [3.8, 4) is 0 Å². The van der Waals surface area contributed by atoms with Gasteiger partial charge in [0.15, 0.2) is 5.16 Å². The first-order valence-electron chi connectivity index (χ1n) is 5.58.